The maximum absolute atomic E-state index is 5.25. The topological polar surface area (TPSA) is 30.5 Å². The monoisotopic (exact) mass is 143 g/mol. The summed E-state index contributed by atoms with van der Waals surface area (Å²) < 4.78 is 10.5. The summed E-state index contributed by atoms with van der Waals surface area (Å²) in [7, 11) is 0. The Morgan fingerprint density at radius 2 is 1.60 bits per heavy atom. The summed E-state index contributed by atoms with van der Waals surface area (Å²) >= 11 is 0. The standard InChI is InChI=1S/C7H13NO2/c1-6-3-9-5-10-4-7(6)2-8-1/h6-8H,1-5H2/t6-,7+. The lowest BCUT2D eigenvalue weighted by molar-refractivity contribution is -0.0383. The van der Waals surface area contributed by atoms with Crippen molar-refractivity contribution in [3.05, 3.63) is 0 Å². The molecule has 0 radical (unpaired) electrons. The van der Waals surface area contributed by atoms with E-state index < -0.39 is 0 Å². The number of hydrogen-bond donors (Lipinski definition) is 1. The van der Waals surface area contributed by atoms with Gasteiger partial charge < -0.3 is 14.8 Å². The van der Waals surface area contributed by atoms with Crippen molar-refractivity contribution in [1.82, 2.24) is 5.32 Å². The number of hydrogen-bond acceptors (Lipinski definition) is 3. The summed E-state index contributed by atoms with van der Waals surface area (Å²) in [5, 5.41) is 3.33. The Hall–Kier alpha value is -0.120. The van der Waals surface area contributed by atoms with Crippen LogP contribution in [0.25, 0.3) is 0 Å². The molecule has 2 aliphatic heterocycles. The Balaban J connectivity index is 1.95. The number of nitrogens with one attached hydrogen (secondary N) is 1. The van der Waals surface area contributed by atoms with E-state index in [9.17, 15) is 0 Å². The molecule has 0 bridgehead atoms. The van der Waals surface area contributed by atoms with Gasteiger partial charge in [-0.25, -0.2) is 0 Å². The van der Waals surface area contributed by atoms with Gasteiger partial charge >= 0.3 is 0 Å². The van der Waals surface area contributed by atoms with Crippen molar-refractivity contribution in [3.63, 3.8) is 0 Å². The van der Waals surface area contributed by atoms with Crippen molar-refractivity contribution < 1.29 is 9.47 Å². The Labute approximate surface area is 60.7 Å². The molecule has 0 saturated carbocycles. The zero-order valence-electron chi connectivity index (χ0n) is 6.01. The molecule has 58 valence electrons. The van der Waals surface area contributed by atoms with Crippen LogP contribution in [0.1, 0.15) is 0 Å². The van der Waals surface area contributed by atoms with Crippen molar-refractivity contribution in [1.29, 1.82) is 0 Å². The molecule has 3 heteroatoms. The Kier molecular flexibility index (Phi) is 1.88. The van der Waals surface area contributed by atoms with Crippen molar-refractivity contribution >= 4 is 0 Å². The average molecular weight is 143 g/mol. The third-order valence-electron chi connectivity index (χ3n) is 2.31. The molecule has 2 fully saturated rings. The molecule has 2 atom stereocenters. The SMILES string of the molecule is C1OC[C@H]2CNC[C@H]2CO1. The summed E-state index contributed by atoms with van der Waals surface area (Å²) in [6.45, 7) is 4.45. The third-order valence-corrected chi connectivity index (χ3v) is 2.31. The van der Waals surface area contributed by atoms with E-state index in [0.29, 0.717) is 18.6 Å². The molecule has 2 aliphatic rings. The lowest BCUT2D eigenvalue weighted by atomic mass is 9.98. The lowest BCUT2D eigenvalue weighted by Gasteiger charge is -2.10. The van der Waals surface area contributed by atoms with Gasteiger partial charge in [-0.3, -0.25) is 0 Å². The van der Waals surface area contributed by atoms with Gasteiger partial charge in [0.25, 0.3) is 0 Å². The molecule has 0 aromatic carbocycles. The van der Waals surface area contributed by atoms with Crippen LogP contribution in [0.5, 0.6) is 0 Å². The second-order valence-electron chi connectivity index (χ2n) is 3.04. The first-order valence-electron chi connectivity index (χ1n) is 3.83. The molecule has 0 spiro atoms. The van der Waals surface area contributed by atoms with E-state index in [1.807, 2.05) is 0 Å². The maximum atomic E-state index is 5.25. The van der Waals surface area contributed by atoms with Gasteiger partial charge in [0.2, 0.25) is 0 Å². The molecule has 0 aliphatic carbocycles. The zero-order chi connectivity index (χ0) is 6.81. The van der Waals surface area contributed by atoms with Crippen LogP contribution in [-0.4, -0.2) is 33.1 Å². The molecule has 0 aromatic heterocycles. The summed E-state index contributed by atoms with van der Waals surface area (Å²) in [5.74, 6) is 1.39. The molecule has 3 nitrogen and oxygen atoms in total. The highest BCUT2D eigenvalue weighted by atomic mass is 16.7. The Morgan fingerprint density at radius 3 is 2.20 bits per heavy atom. The second kappa shape index (κ2) is 2.86. The van der Waals surface area contributed by atoms with E-state index in [0.717, 1.165) is 26.3 Å². The fourth-order valence-electron chi connectivity index (χ4n) is 1.64. The van der Waals surface area contributed by atoms with Crippen molar-refractivity contribution in [2.75, 3.05) is 33.1 Å². The van der Waals surface area contributed by atoms with E-state index in [4.69, 9.17) is 9.47 Å². The predicted octanol–water partition coefficient (Wildman–Crippen LogP) is -0.174. The van der Waals surface area contributed by atoms with Crippen LogP contribution in [0.3, 0.4) is 0 Å². The Bertz CT molecular complexity index is 106. The molecule has 2 heterocycles. The first kappa shape index (κ1) is 6.58. The van der Waals surface area contributed by atoms with Crippen LogP contribution >= 0.6 is 0 Å². The van der Waals surface area contributed by atoms with Gasteiger partial charge in [0.05, 0.1) is 13.2 Å². The number of ether oxygens (including phenoxy) is 2. The van der Waals surface area contributed by atoms with E-state index in [1.54, 1.807) is 0 Å². The smallest absolute Gasteiger partial charge is 0.146 e. The van der Waals surface area contributed by atoms with E-state index in [-0.39, 0.29) is 0 Å². The zero-order valence-corrected chi connectivity index (χ0v) is 6.01. The minimum absolute atomic E-state index is 0.493. The average Bonchev–Trinajstić information content (AvgIpc) is 2.28. The van der Waals surface area contributed by atoms with Gasteiger partial charge in [0.15, 0.2) is 0 Å². The molecule has 2 saturated heterocycles. The van der Waals surface area contributed by atoms with Crippen molar-refractivity contribution in [2.45, 2.75) is 0 Å². The van der Waals surface area contributed by atoms with Crippen LogP contribution in [0.4, 0.5) is 0 Å². The fraction of sp³-hybridized carbons (Fsp3) is 1.00. The largest absolute Gasteiger partial charge is 0.355 e. The van der Waals surface area contributed by atoms with Crippen LogP contribution in [0.2, 0.25) is 0 Å². The molecule has 0 unspecified atom stereocenters. The van der Waals surface area contributed by atoms with Gasteiger partial charge in [-0.1, -0.05) is 0 Å². The molecule has 2 rings (SSSR count). The summed E-state index contributed by atoms with van der Waals surface area (Å²) in [6.07, 6.45) is 0. The highest BCUT2D eigenvalue weighted by Gasteiger charge is 2.28. The molecule has 10 heavy (non-hydrogen) atoms. The third kappa shape index (κ3) is 1.17. The lowest BCUT2D eigenvalue weighted by Crippen LogP contribution is -2.17. The molecular formula is C7H13NO2. The van der Waals surface area contributed by atoms with Gasteiger partial charge in [0, 0.05) is 24.9 Å². The van der Waals surface area contributed by atoms with Gasteiger partial charge in [-0.15, -0.1) is 0 Å². The summed E-state index contributed by atoms with van der Waals surface area (Å²) in [5.41, 5.74) is 0. The van der Waals surface area contributed by atoms with Crippen molar-refractivity contribution in [3.8, 4) is 0 Å². The highest BCUT2D eigenvalue weighted by molar-refractivity contribution is 4.81. The molecular weight excluding hydrogens is 130 g/mol. The number of rotatable bonds is 0. The quantitative estimate of drug-likeness (QED) is 0.510. The molecule has 1 N–H and O–H groups in total. The van der Waals surface area contributed by atoms with E-state index in [2.05, 4.69) is 5.32 Å². The first-order valence-corrected chi connectivity index (χ1v) is 3.83. The molecule has 0 aromatic rings. The molecule has 0 amide bonds. The number of fused-ring (bicyclic) bond motifs is 1. The first-order chi connectivity index (χ1) is 4.97. The van der Waals surface area contributed by atoms with Crippen LogP contribution in [-0.2, 0) is 9.47 Å². The van der Waals surface area contributed by atoms with Crippen molar-refractivity contribution in [2.24, 2.45) is 11.8 Å². The highest BCUT2D eigenvalue weighted by Crippen LogP contribution is 2.19. The second-order valence-corrected chi connectivity index (χ2v) is 3.04. The normalized spacial score (nSPS) is 40.8. The maximum Gasteiger partial charge on any atom is 0.146 e. The summed E-state index contributed by atoms with van der Waals surface area (Å²) in [4.78, 5) is 0. The van der Waals surface area contributed by atoms with Gasteiger partial charge in [-0.05, 0) is 0 Å². The van der Waals surface area contributed by atoms with Gasteiger partial charge in [0.1, 0.15) is 6.79 Å². The fourth-order valence-corrected chi connectivity index (χ4v) is 1.64. The van der Waals surface area contributed by atoms with Crippen LogP contribution in [0, 0.1) is 11.8 Å². The minimum Gasteiger partial charge on any atom is -0.355 e. The predicted molar refractivity (Wildman–Crippen MR) is 36.6 cm³/mol. The van der Waals surface area contributed by atoms with E-state index >= 15 is 0 Å². The van der Waals surface area contributed by atoms with E-state index in [1.165, 1.54) is 0 Å². The minimum atomic E-state index is 0.493. The van der Waals surface area contributed by atoms with Crippen LogP contribution < -0.4 is 5.32 Å². The summed E-state index contributed by atoms with van der Waals surface area (Å²) in [6, 6.07) is 0. The Morgan fingerprint density at radius 1 is 1.00 bits per heavy atom. The van der Waals surface area contributed by atoms with Gasteiger partial charge in [-0.2, -0.15) is 0 Å². The van der Waals surface area contributed by atoms with Crippen LogP contribution in [0.15, 0.2) is 0 Å².